The number of unbranched alkanes of at least 4 members (excludes halogenated alkanes) is 1. The summed E-state index contributed by atoms with van der Waals surface area (Å²) in [5, 5.41) is 6.78. The summed E-state index contributed by atoms with van der Waals surface area (Å²) in [5.41, 5.74) is 0.0381. The van der Waals surface area contributed by atoms with Crippen LogP contribution in [0.1, 0.15) is 44.1 Å². The molecule has 2 rings (SSSR count). The topological polar surface area (TPSA) is 101 Å². The molecule has 1 aromatic carbocycles. The predicted molar refractivity (Wildman–Crippen MR) is 113 cm³/mol. The molecule has 0 saturated carbocycles. The molecule has 0 atom stereocenters. The van der Waals surface area contributed by atoms with Gasteiger partial charge in [0.25, 0.3) is 11.5 Å². The smallest absolute Gasteiger partial charge is 0.276 e. The molecule has 0 aliphatic rings. The summed E-state index contributed by atoms with van der Waals surface area (Å²) >= 11 is 6.11. The van der Waals surface area contributed by atoms with Gasteiger partial charge in [-0.3, -0.25) is 9.59 Å². The highest BCUT2D eigenvalue weighted by atomic mass is 35.5. The number of benzene rings is 1. The van der Waals surface area contributed by atoms with Crippen molar-refractivity contribution in [3.05, 3.63) is 51.4 Å². The summed E-state index contributed by atoms with van der Waals surface area (Å²) in [7, 11) is -3.79. The van der Waals surface area contributed by atoms with E-state index in [0.29, 0.717) is 19.6 Å². The number of anilines is 1. The fourth-order valence-corrected chi connectivity index (χ4v) is 4.67. The standard InChI is InChI=1S/C19H25ClN4O4S/c1-4-7-12-24-18(25)11-10-16(22-24)19(26)21-14-8-9-15(20)17(13-14)29(27,28)23(5-2)6-3/h8-11,13H,4-7,12H2,1-3H3,(H,21,26). The second-order valence-corrected chi connectivity index (χ2v) is 8.64. The highest BCUT2D eigenvalue weighted by Crippen LogP contribution is 2.28. The lowest BCUT2D eigenvalue weighted by molar-refractivity contribution is 0.101. The van der Waals surface area contributed by atoms with Gasteiger partial charge in [0.15, 0.2) is 0 Å². The molecule has 1 heterocycles. The van der Waals surface area contributed by atoms with E-state index in [9.17, 15) is 18.0 Å². The molecule has 0 radical (unpaired) electrons. The molecule has 29 heavy (non-hydrogen) atoms. The van der Waals surface area contributed by atoms with Crippen molar-refractivity contribution in [3.8, 4) is 0 Å². The Balaban J connectivity index is 2.31. The van der Waals surface area contributed by atoms with Crippen molar-refractivity contribution in [2.75, 3.05) is 18.4 Å². The Kier molecular flexibility index (Phi) is 7.95. The second kappa shape index (κ2) is 10.00. The van der Waals surface area contributed by atoms with E-state index in [1.807, 2.05) is 6.92 Å². The van der Waals surface area contributed by atoms with E-state index in [2.05, 4.69) is 10.4 Å². The van der Waals surface area contributed by atoms with E-state index < -0.39 is 15.9 Å². The summed E-state index contributed by atoms with van der Waals surface area (Å²) in [6.45, 7) is 6.49. The molecule has 158 valence electrons. The van der Waals surface area contributed by atoms with Crippen molar-refractivity contribution in [1.82, 2.24) is 14.1 Å². The first-order chi connectivity index (χ1) is 13.7. The summed E-state index contributed by atoms with van der Waals surface area (Å²) < 4.78 is 28.1. The SMILES string of the molecule is CCCCn1nc(C(=O)Nc2ccc(Cl)c(S(=O)(=O)N(CC)CC)c2)ccc1=O. The van der Waals surface area contributed by atoms with Crippen LogP contribution in [0.3, 0.4) is 0 Å². The fourth-order valence-electron chi connectivity index (χ4n) is 2.71. The first-order valence-electron chi connectivity index (χ1n) is 9.43. The molecule has 0 unspecified atom stereocenters. The number of aryl methyl sites for hydroxylation is 1. The van der Waals surface area contributed by atoms with Gasteiger partial charge in [-0.2, -0.15) is 9.40 Å². The van der Waals surface area contributed by atoms with Crippen LogP contribution >= 0.6 is 11.6 Å². The maximum Gasteiger partial charge on any atom is 0.276 e. The van der Waals surface area contributed by atoms with Crippen LogP contribution in [-0.4, -0.2) is 41.5 Å². The highest BCUT2D eigenvalue weighted by Gasteiger charge is 2.25. The van der Waals surface area contributed by atoms with Gasteiger partial charge in [-0.1, -0.05) is 38.8 Å². The normalized spacial score (nSPS) is 11.6. The van der Waals surface area contributed by atoms with Crippen molar-refractivity contribution in [2.45, 2.75) is 45.1 Å². The predicted octanol–water partition coefficient (Wildman–Crippen LogP) is 2.98. The minimum absolute atomic E-state index is 0.0591. The second-order valence-electron chi connectivity index (χ2n) is 6.32. The number of nitrogens with one attached hydrogen (secondary N) is 1. The van der Waals surface area contributed by atoms with Gasteiger partial charge in [0.05, 0.1) is 5.02 Å². The Labute approximate surface area is 175 Å². The Morgan fingerprint density at radius 1 is 1.17 bits per heavy atom. The monoisotopic (exact) mass is 440 g/mol. The number of carbonyl (C=O) groups excluding carboxylic acids is 1. The Morgan fingerprint density at radius 3 is 2.48 bits per heavy atom. The first kappa shape index (κ1) is 23.1. The summed E-state index contributed by atoms with van der Waals surface area (Å²) in [4.78, 5) is 24.3. The van der Waals surface area contributed by atoms with Gasteiger partial charge in [0.2, 0.25) is 10.0 Å². The van der Waals surface area contributed by atoms with E-state index in [1.54, 1.807) is 13.8 Å². The van der Waals surface area contributed by atoms with Gasteiger partial charge in [0, 0.05) is 31.4 Å². The van der Waals surface area contributed by atoms with Crippen LogP contribution in [-0.2, 0) is 16.6 Å². The van der Waals surface area contributed by atoms with Gasteiger partial charge in [-0.05, 0) is 30.7 Å². The summed E-state index contributed by atoms with van der Waals surface area (Å²) in [6.07, 6.45) is 1.65. The zero-order valence-corrected chi connectivity index (χ0v) is 18.3. The fraction of sp³-hybridized carbons (Fsp3) is 0.421. The minimum atomic E-state index is -3.79. The average Bonchev–Trinajstić information content (AvgIpc) is 2.69. The van der Waals surface area contributed by atoms with Gasteiger partial charge < -0.3 is 5.32 Å². The molecule has 2 aromatic rings. The molecule has 1 N–H and O–H groups in total. The maximum absolute atomic E-state index is 12.8. The van der Waals surface area contributed by atoms with Gasteiger partial charge >= 0.3 is 0 Å². The third kappa shape index (κ3) is 5.43. The van der Waals surface area contributed by atoms with Gasteiger partial charge in [0.1, 0.15) is 10.6 Å². The lowest BCUT2D eigenvalue weighted by Crippen LogP contribution is -2.31. The molecule has 0 spiro atoms. The summed E-state index contributed by atoms with van der Waals surface area (Å²) in [6, 6.07) is 6.87. The van der Waals surface area contributed by atoms with Crippen molar-refractivity contribution in [2.24, 2.45) is 0 Å². The Hall–Kier alpha value is -2.23. The number of nitrogens with zero attached hydrogens (tertiary/aromatic N) is 3. The molecule has 8 nitrogen and oxygen atoms in total. The molecule has 10 heteroatoms. The van der Waals surface area contributed by atoms with Gasteiger partial charge in [-0.25, -0.2) is 13.1 Å². The molecule has 0 bridgehead atoms. The van der Waals surface area contributed by atoms with E-state index in [-0.39, 0.29) is 26.9 Å². The van der Waals surface area contributed by atoms with E-state index in [0.717, 1.165) is 12.8 Å². The highest BCUT2D eigenvalue weighted by molar-refractivity contribution is 7.89. The largest absolute Gasteiger partial charge is 0.321 e. The minimum Gasteiger partial charge on any atom is -0.321 e. The Morgan fingerprint density at radius 2 is 1.86 bits per heavy atom. The van der Waals surface area contributed by atoms with Crippen molar-refractivity contribution < 1.29 is 13.2 Å². The van der Waals surface area contributed by atoms with Crippen LogP contribution in [0.2, 0.25) is 5.02 Å². The quantitative estimate of drug-likeness (QED) is 0.645. The molecule has 0 aliphatic heterocycles. The molecular weight excluding hydrogens is 416 g/mol. The summed E-state index contributed by atoms with van der Waals surface area (Å²) in [5.74, 6) is -0.552. The van der Waals surface area contributed by atoms with Crippen LogP contribution in [0.4, 0.5) is 5.69 Å². The molecular formula is C19H25ClN4O4S. The van der Waals surface area contributed by atoms with Crippen molar-refractivity contribution in [3.63, 3.8) is 0 Å². The lowest BCUT2D eigenvalue weighted by atomic mass is 10.3. The zero-order chi connectivity index (χ0) is 21.6. The Bertz CT molecular complexity index is 1030. The number of halogens is 1. The molecule has 1 aromatic heterocycles. The first-order valence-corrected chi connectivity index (χ1v) is 11.3. The van der Waals surface area contributed by atoms with Crippen molar-refractivity contribution >= 4 is 33.2 Å². The van der Waals surface area contributed by atoms with Crippen molar-refractivity contribution in [1.29, 1.82) is 0 Å². The van der Waals surface area contributed by atoms with Crippen LogP contribution in [0.5, 0.6) is 0 Å². The van der Waals surface area contributed by atoms with Crippen LogP contribution in [0, 0.1) is 0 Å². The average molecular weight is 441 g/mol. The third-order valence-electron chi connectivity index (χ3n) is 4.34. The van der Waals surface area contributed by atoms with E-state index in [4.69, 9.17) is 11.6 Å². The maximum atomic E-state index is 12.8. The van der Waals surface area contributed by atoms with Gasteiger partial charge in [-0.15, -0.1) is 0 Å². The molecule has 0 saturated heterocycles. The molecule has 1 amide bonds. The number of sulfonamides is 1. The number of aromatic nitrogens is 2. The number of rotatable bonds is 9. The lowest BCUT2D eigenvalue weighted by Gasteiger charge is -2.19. The van der Waals surface area contributed by atoms with Crippen LogP contribution in [0.25, 0.3) is 0 Å². The van der Waals surface area contributed by atoms with E-state index in [1.165, 1.54) is 39.3 Å². The van der Waals surface area contributed by atoms with Crippen LogP contribution < -0.4 is 10.9 Å². The third-order valence-corrected chi connectivity index (χ3v) is 6.87. The van der Waals surface area contributed by atoms with E-state index >= 15 is 0 Å². The number of hydrogen-bond donors (Lipinski definition) is 1. The zero-order valence-electron chi connectivity index (χ0n) is 16.7. The molecule has 0 fully saturated rings. The number of amides is 1. The number of carbonyl (C=O) groups is 1. The number of hydrogen-bond acceptors (Lipinski definition) is 5. The molecule has 0 aliphatic carbocycles. The van der Waals surface area contributed by atoms with Crippen LogP contribution in [0.15, 0.2) is 40.0 Å².